The minimum Gasteiger partial charge on any atom is -0.481 e. The van der Waals surface area contributed by atoms with Gasteiger partial charge in [0.2, 0.25) is 0 Å². The zero-order valence-corrected chi connectivity index (χ0v) is 9.15. The predicted octanol–water partition coefficient (Wildman–Crippen LogP) is 1.01. The molecule has 0 aliphatic carbocycles. The van der Waals surface area contributed by atoms with E-state index in [0.717, 1.165) is 0 Å². The summed E-state index contributed by atoms with van der Waals surface area (Å²) in [6, 6.07) is 0. The molecule has 0 aliphatic rings. The average Bonchev–Trinajstić information content (AvgIpc) is 2.01. The van der Waals surface area contributed by atoms with Gasteiger partial charge in [0, 0.05) is 6.42 Å². The molecule has 15 heavy (non-hydrogen) atoms. The standard InChI is InChI=1S/C10H16O5/c1-6(2)15-10(14)8(7(3)11)4-5-9(12)13/h6,8H,4-5H2,1-3H3,(H,12,13). The first-order valence-corrected chi connectivity index (χ1v) is 4.77. The van der Waals surface area contributed by atoms with Crippen molar-refractivity contribution in [3.8, 4) is 0 Å². The van der Waals surface area contributed by atoms with Gasteiger partial charge in [0.25, 0.3) is 0 Å². The molecule has 0 aromatic heterocycles. The summed E-state index contributed by atoms with van der Waals surface area (Å²) in [4.78, 5) is 32.8. The Balaban J connectivity index is 4.32. The summed E-state index contributed by atoms with van der Waals surface area (Å²) in [5.41, 5.74) is 0. The lowest BCUT2D eigenvalue weighted by atomic mass is 9.99. The van der Waals surface area contributed by atoms with Gasteiger partial charge >= 0.3 is 11.9 Å². The third-order valence-electron chi connectivity index (χ3n) is 1.77. The monoisotopic (exact) mass is 216 g/mol. The maximum Gasteiger partial charge on any atom is 0.316 e. The Kier molecular flexibility index (Phi) is 5.59. The largest absolute Gasteiger partial charge is 0.481 e. The molecular formula is C10H16O5. The van der Waals surface area contributed by atoms with E-state index in [2.05, 4.69) is 0 Å². The molecule has 0 bridgehead atoms. The molecule has 0 saturated heterocycles. The van der Waals surface area contributed by atoms with Gasteiger partial charge < -0.3 is 9.84 Å². The maximum absolute atomic E-state index is 11.4. The van der Waals surface area contributed by atoms with Crippen LogP contribution in [0.4, 0.5) is 0 Å². The summed E-state index contributed by atoms with van der Waals surface area (Å²) < 4.78 is 4.85. The van der Waals surface area contributed by atoms with E-state index >= 15 is 0 Å². The number of carbonyl (C=O) groups is 3. The molecule has 5 heteroatoms. The fraction of sp³-hybridized carbons (Fsp3) is 0.700. The quantitative estimate of drug-likeness (QED) is 0.529. The van der Waals surface area contributed by atoms with E-state index in [1.807, 2.05) is 0 Å². The summed E-state index contributed by atoms with van der Waals surface area (Å²) in [5, 5.41) is 8.44. The number of carbonyl (C=O) groups excluding carboxylic acids is 2. The fourth-order valence-electron chi connectivity index (χ4n) is 1.07. The van der Waals surface area contributed by atoms with Crippen molar-refractivity contribution in [2.75, 3.05) is 0 Å². The highest BCUT2D eigenvalue weighted by Crippen LogP contribution is 2.11. The molecule has 0 aromatic carbocycles. The van der Waals surface area contributed by atoms with E-state index in [1.54, 1.807) is 13.8 Å². The number of hydrogen-bond acceptors (Lipinski definition) is 4. The molecule has 0 heterocycles. The van der Waals surface area contributed by atoms with Gasteiger partial charge in [0.05, 0.1) is 6.10 Å². The summed E-state index contributed by atoms with van der Waals surface area (Å²) in [6.07, 6.45) is -0.516. The van der Waals surface area contributed by atoms with Crippen LogP contribution >= 0.6 is 0 Å². The van der Waals surface area contributed by atoms with E-state index in [0.29, 0.717) is 0 Å². The van der Waals surface area contributed by atoms with Crippen molar-refractivity contribution in [1.29, 1.82) is 0 Å². The van der Waals surface area contributed by atoms with Crippen molar-refractivity contribution in [2.45, 2.75) is 39.7 Å². The van der Waals surface area contributed by atoms with Gasteiger partial charge in [-0.25, -0.2) is 0 Å². The molecule has 0 radical (unpaired) electrons. The molecule has 1 N–H and O–H groups in total. The summed E-state index contributed by atoms with van der Waals surface area (Å²) in [6.45, 7) is 4.60. The van der Waals surface area contributed by atoms with Crippen molar-refractivity contribution in [3.63, 3.8) is 0 Å². The van der Waals surface area contributed by atoms with Crippen LogP contribution in [0.15, 0.2) is 0 Å². The van der Waals surface area contributed by atoms with Crippen molar-refractivity contribution in [2.24, 2.45) is 5.92 Å². The first-order valence-electron chi connectivity index (χ1n) is 4.77. The number of Topliss-reactive ketones (excluding diaryl/α,β-unsaturated/α-hetero) is 1. The number of ether oxygens (including phenoxy) is 1. The number of carboxylic acid groups (broad SMARTS) is 1. The molecule has 1 atom stereocenters. The van der Waals surface area contributed by atoms with Gasteiger partial charge in [0.15, 0.2) is 0 Å². The van der Waals surface area contributed by atoms with Crippen molar-refractivity contribution >= 4 is 17.7 Å². The normalized spacial score (nSPS) is 12.3. The van der Waals surface area contributed by atoms with E-state index in [9.17, 15) is 14.4 Å². The van der Waals surface area contributed by atoms with Crippen LogP contribution in [0.3, 0.4) is 0 Å². The van der Waals surface area contributed by atoms with E-state index in [4.69, 9.17) is 9.84 Å². The van der Waals surface area contributed by atoms with E-state index in [1.165, 1.54) is 6.92 Å². The molecule has 0 fully saturated rings. The zero-order chi connectivity index (χ0) is 12.0. The SMILES string of the molecule is CC(=O)C(CCC(=O)O)C(=O)OC(C)C. The van der Waals surface area contributed by atoms with Gasteiger partial charge in [-0.2, -0.15) is 0 Å². The summed E-state index contributed by atoms with van der Waals surface area (Å²) >= 11 is 0. The number of carboxylic acids is 1. The number of aliphatic carboxylic acids is 1. The van der Waals surface area contributed by atoms with Gasteiger partial charge in [-0.15, -0.1) is 0 Å². The molecule has 5 nitrogen and oxygen atoms in total. The van der Waals surface area contributed by atoms with Crippen LogP contribution in [0.5, 0.6) is 0 Å². The molecule has 86 valence electrons. The number of esters is 1. The van der Waals surface area contributed by atoms with E-state index in [-0.39, 0.29) is 24.7 Å². The zero-order valence-electron chi connectivity index (χ0n) is 9.15. The molecular weight excluding hydrogens is 200 g/mol. The van der Waals surface area contributed by atoms with Crippen LogP contribution in [0.1, 0.15) is 33.6 Å². The lowest BCUT2D eigenvalue weighted by Gasteiger charge is -2.14. The van der Waals surface area contributed by atoms with Crippen LogP contribution in [0.2, 0.25) is 0 Å². The van der Waals surface area contributed by atoms with Crippen LogP contribution in [-0.4, -0.2) is 28.9 Å². The third kappa shape index (κ3) is 5.83. The number of rotatable bonds is 6. The second kappa shape index (κ2) is 6.16. The smallest absolute Gasteiger partial charge is 0.316 e. The lowest BCUT2D eigenvalue weighted by molar-refractivity contribution is -0.155. The summed E-state index contributed by atoms with van der Waals surface area (Å²) in [7, 11) is 0. The Bertz CT molecular complexity index is 257. The number of ketones is 1. The van der Waals surface area contributed by atoms with Crippen LogP contribution in [0.25, 0.3) is 0 Å². The van der Waals surface area contributed by atoms with Gasteiger partial charge in [-0.05, 0) is 27.2 Å². The lowest BCUT2D eigenvalue weighted by Crippen LogP contribution is -2.27. The van der Waals surface area contributed by atoms with Crippen LogP contribution in [0, 0.1) is 5.92 Å². The Labute approximate surface area is 88.4 Å². The third-order valence-corrected chi connectivity index (χ3v) is 1.77. The van der Waals surface area contributed by atoms with E-state index < -0.39 is 17.9 Å². The molecule has 0 rings (SSSR count). The maximum atomic E-state index is 11.4. The van der Waals surface area contributed by atoms with Gasteiger partial charge in [-0.3, -0.25) is 14.4 Å². The van der Waals surface area contributed by atoms with Crippen LogP contribution < -0.4 is 0 Å². The molecule has 0 aliphatic heterocycles. The Morgan fingerprint density at radius 3 is 2.13 bits per heavy atom. The minimum atomic E-state index is -1.03. The Morgan fingerprint density at radius 1 is 1.27 bits per heavy atom. The first kappa shape index (κ1) is 13.6. The highest BCUT2D eigenvalue weighted by molar-refractivity contribution is 5.98. The van der Waals surface area contributed by atoms with Gasteiger partial charge in [0.1, 0.15) is 11.7 Å². The highest BCUT2D eigenvalue weighted by Gasteiger charge is 2.26. The predicted molar refractivity (Wildman–Crippen MR) is 52.3 cm³/mol. The highest BCUT2D eigenvalue weighted by atomic mass is 16.5. The summed E-state index contributed by atoms with van der Waals surface area (Å²) in [5.74, 6) is -2.98. The second-order valence-corrected chi connectivity index (χ2v) is 3.58. The molecule has 0 saturated carbocycles. The topological polar surface area (TPSA) is 80.7 Å². The molecule has 0 amide bonds. The fourth-order valence-corrected chi connectivity index (χ4v) is 1.07. The molecule has 1 unspecified atom stereocenters. The minimum absolute atomic E-state index is 0.00375. The average molecular weight is 216 g/mol. The molecule has 0 aromatic rings. The Morgan fingerprint density at radius 2 is 1.80 bits per heavy atom. The Hall–Kier alpha value is -1.39. The molecule has 0 spiro atoms. The second-order valence-electron chi connectivity index (χ2n) is 3.58. The van der Waals surface area contributed by atoms with Crippen molar-refractivity contribution < 1.29 is 24.2 Å². The van der Waals surface area contributed by atoms with Crippen LogP contribution in [-0.2, 0) is 19.1 Å². The number of hydrogen-bond donors (Lipinski definition) is 1. The van der Waals surface area contributed by atoms with Crippen molar-refractivity contribution in [1.82, 2.24) is 0 Å². The van der Waals surface area contributed by atoms with Gasteiger partial charge in [-0.1, -0.05) is 0 Å². The first-order chi connectivity index (χ1) is 6.84. The van der Waals surface area contributed by atoms with Crippen molar-refractivity contribution in [3.05, 3.63) is 0 Å².